The van der Waals surface area contributed by atoms with Gasteiger partial charge in [-0.05, 0) is 41.6 Å². The van der Waals surface area contributed by atoms with Crippen LogP contribution >= 0.6 is 11.3 Å². The molecule has 154 valence electrons. The molecule has 0 aliphatic heterocycles. The number of rotatable bonds is 6. The van der Waals surface area contributed by atoms with Gasteiger partial charge in [-0.3, -0.25) is 0 Å². The second-order valence-electron chi connectivity index (χ2n) is 6.83. The summed E-state index contributed by atoms with van der Waals surface area (Å²) in [6.45, 7) is 2.03. The number of hydrogen-bond donors (Lipinski definition) is 3. The van der Waals surface area contributed by atoms with Gasteiger partial charge in [-0.15, -0.1) is 0 Å². The number of fused-ring (bicyclic) bond motifs is 1. The molecule has 0 spiro atoms. The number of thiophene rings is 1. The molecule has 4 aromatic rings. The Bertz CT molecular complexity index is 1150. The van der Waals surface area contributed by atoms with Gasteiger partial charge in [0.2, 0.25) is 0 Å². The van der Waals surface area contributed by atoms with E-state index in [9.17, 15) is 4.79 Å². The lowest BCUT2D eigenvalue weighted by atomic mass is 10.0. The number of nitrogens with one attached hydrogen (secondary N) is 2. The number of hydrogen-bond acceptors (Lipinski definition) is 6. The smallest absolute Gasteiger partial charge is 0.323 e. The Kier molecular flexibility index (Phi) is 5.75. The maximum absolute atomic E-state index is 12.1. The summed E-state index contributed by atoms with van der Waals surface area (Å²) in [6, 6.07) is 9.25. The van der Waals surface area contributed by atoms with Crippen LogP contribution in [0.25, 0.3) is 16.6 Å². The highest BCUT2D eigenvalue weighted by Gasteiger charge is 2.17. The van der Waals surface area contributed by atoms with Crippen molar-refractivity contribution in [3.8, 4) is 11.1 Å². The fourth-order valence-electron chi connectivity index (χ4n) is 3.33. The molecule has 1 atom stereocenters. The van der Waals surface area contributed by atoms with Crippen LogP contribution in [0.5, 0.6) is 0 Å². The van der Waals surface area contributed by atoms with Gasteiger partial charge in [0.15, 0.2) is 0 Å². The standard InChI is InChI=1S/C21H22N6O2S/c1-13-10-27-20(17(23-12-24-27)9-18(22)29-2)19(13)14-3-5-15(6-4-14)25-21(28)26-16-7-8-30-11-16/h3-8,10-12,18H,9,22H2,1-2H3,(H2,25,26,28). The van der Waals surface area contributed by atoms with Crippen LogP contribution in [0.3, 0.4) is 0 Å². The Balaban J connectivity index is 1.61. The van der Waals surface area contributed by atoms with Crippen LogP contribution in [0, 0.1) is 6.92 Å². The Morgan fingerprint density at radius 3 is 2.70 bits per heavy atom. The average Bonchev–Trinajstić information content (AvgIpc) is 3.36. The predicted octanol–water partition coefficient (Wildman–Crippen LogP) is 3.88. The molecule has 4 rings (SSSR count). The molecule has 0 fully saturated rings. The zero-order valence-electron chi connectivity index (χ0n) is 16.6. The van der Waals surface area contributed by atoms with E-state index in [1.807, 2.05) is 58.7 Å². The van der Waals surface area contributed by atoms with Gasteiger partial charge in [-0.25, -0.2) is 14.3 Å². The lowest BCUT2D eigenvalue weighted by molar-refractivity contribution is 0.108. The third kappa shape index (κ3) is 4.18. The number of carbonyl (C=O) groups excluding carboxylic acids is 1. The molecular weight excluding hydrogens is 400 g/mol. The van der Waals surface area contributed by atoms with E-state index in [0.717, 1.165) is 33.6 Å². The number of benzene rings is 1. The van der Waals surface area contributed by atoms with E-state index in [-0.39, 0.29) is 6.03 Å². The first-order valence-electron chi connectivity index (χ1n) is 9.36. The van der Waals surface area contributed by atoms with Crippen molar-refractivity contribution < 1.29 is 9.53 Å². The van der Waals surface area contributed by atoms with E-state index in [1.165, 1.54) is 17.7 Å². The number of amides is 2. The molecule has 1 unspecified atom stereocenters. The molecule has 2 amide bonds. The SMILES string of the molecule is COC(N)Cc1ncnn2cc(C)c(-c3ccc(NC(=O)Nc4ccsc4)cc3)c12. The highest BCUT2D eigenvalue weighted by molar-refractivity contribution is 7.08. The maximum Gasteiger partial charge on any atom is 0.323 e. The molecule has 3 aromatic heterocycles. The number of urea groups is 1. The summed E-state index contributed by atoms with van der Waals surface area (Å²) in [7, 11) is 1.58. The molecule has 0 bridgehead atoms. The third-order valence-corrected chi connectivity index (χ3v) is 5.43. The van der Waals surface area contributed by atoms with Crippen LogP contribution in [0.15, 0.2) is 53.6 Å². The van der Waals surface area contributed by atoms with Crippen LogP contribution in [0.4, 0.5) is 16.2 Å². The lowest BCUT2D eigenvalue weighted by Crippen LogP contribution is -2.25. The highest BCUT2D eigenvalue weighted by atomic mass is 32.1. The van der Waals surface area contributed by atoms with Crippen molar-refractivity contribution in [3.63, 3.8) is 0 Å². The number of aryl methyl sites for hydroxylation is 1. The van der Waals surface area contributed by atoms with Crippen molar-refractivity contribution in [1.82, 2.24) is 14.6 Å². The zero-order valence-corrected chi connectivity index (χ0v) is 17.4. The number of methoxy groups -OCH3 is 1. The molecule has 8 nitrogen and oxygen atoms in total. The summed E-state index contributed by atoms with van der Waals surface area (Å²) in [6.07, 6.45) is 3.52. The summed E-state index contributed by atoms with van der Waals surface area (Å²) in [5.74, 6) is 0. The molecule has 0 aliphatic rings. The second-order valence-corrected chi connectivity index (χ2v) is 7.61. The summed E-state index contributed by atoms with van der Waals surface area (Å²) in [4.78, 5) is 16.6. The largest absolute Gasteiger partial charge is 0.366 e. The van der Waals surface area contributed by atoms with E-state index in [1.54, 1.807) is 7.11 Å². The van der Waals surface area contributed by atoms with Gasteiger partial charge >= 0.3 is 6.03 Å². The molecule has 3 heterocycles. The Morgan fingerprint density at radius 1 is 1.23 bits per heavy atom. The lowest BCUT2D eigenvalue weighted by Gasteiger charge is -2.12. The van der Waals surface area contributed by atoms with Crippen molar-refractivity contribution in [1.29, 1.82) is 0 Å². The molecule has 0 saturated heterocycles. The fourth-order valence-corrected chi connectivity index (χ4v) is 3.92. The normalized spacial score (nSPS) is 12.1. The maximum atomic E-state index is 12.1. The molecule has 4 N–H and O–H groups in total. The second kappa shape index (κ2) is 8.62. The van der Waals surface area contributed by atoms with Crippen molar-refractivity contribution >= 4 is 34.3 Å². The minimum atomic E-state index is -0.444. The van der Waals surface area contributed by atoms with Crippen LogP contribution in [-0.2, 0) is 11.2 Å². The van der Waals surface area contributed by atoms with Gasteiger partial charge in [-0.2, -0.15) is 16.4 Å². The fraction of sp³-hybridized carbons (Fsp3) is 0.190. The first kappa shape index (κ1) is 20.0. The molecule has 9 heteroatoms. The first-order valence-corrected chi connectivity index (χ1v) is 10.3. The molecular formula is C21H22N6O2S. The number of anilines is 2. The molecule has 0 radical (unpaired) electrons. The Hall–Kier alpha value is -3.27. The summed E-state index contributed by atoms with van der Waals surface area (Å²) in [5, 5.41) is 13.8. The molecule has 30 heavy (non-hydrogen) atoms. The van der Waals surface area contributed by atoms with Crippen molar-refractivity contribution in [2.24, 2.45) is 5.73 Å². The number of aromatic nitrogens is 3. The van der Waals surface area contributed by atoms with E-state index >= 15 is 0 Å². The van der Waals surface area contributed by atoms with Gasteiger partial charge in [-0.1, -0.05) is 12.1 Å². The number of nitrogens with two attached hydrogens (primary N) is 1. The minimum absolute atomic E-state index is 0.282. The van der Waals surface area contributed by atoms with Gasteiger partial charge in [0.25, 0.3) is 0 Å². The topological polar surface area (TPSA) is 107 Å². The average molecular weight is 423 g/mol. The van der Waals surface area contributed by atoms with E-state index in [0.29, 0.717) is 12.1 Å². The van der Waals surface area contributed by atoms with Gasteiger partial charge < -0.3 is 21.1 Å². The van der Waals surface area contributed by atoms with Gasteiger partial charge in [0.1, 0.15) is 12.6 Å². The van der Waals surface area contributed by atoms with Crippen molar-refractivity contribution in [2.45, 2.75) is 19.6 Å². The van der Waals surface area contributed by atoms with Crippen molar-refractivity contribution in [3.05, 3.63) is 64.9 Å². The van der Waals surface area contributed by atoms with Crippen LogP contribution in [0.2, 0.25) is 0 Å². The number of carbonyl (C=O) groups is 1. The van der Waals surface area contributed by atoms with Crippen molar-refractivity contribution in [2.75, 3.05) is 17.7 Å². The minimum Gasteiger partial charge on any atom is -0.366 e. The number of ether oxygens (including phenoxy) is 1. The zero-order chi connectivity index (χ0) is 21.1. The summed E-state index contributed by atoms with van der Waals surface area (Å²) in [5.41, 5.74) is 12.3. The van der Waals surface area contributed by atoms with Gasteiger partial charge in [0.05, 0.1) is 16.9 Å². The Labute approximate surface area is 177 Å². The third-order valence-electron chi connectivity index (χ3n) is 4.75. The van der Waals surface area contributed by atoms with E-state index in [2.05, 4.69) is 20.7 Å². The first-order chi connectivity index (χ1) is 14.5. The highest BCUT2D eigenvalue weighted by Crippen LogP contribution is 2.32. The molecule has 0 aliphatic carbocycles. The summed E-state index contributed by atoms with van der Waals surface area (Å²) < 4.78 is 7.02. The van der Waals surface area contributed by atoms with E-state index < -0.39 is 6.23 Å². The summed E-state index contributed by atoms with van der Waals surface area (Å²) >= 11 is 1.53. The quantitative estimate of drug-likeness (QED) is 0.409. The number of nitrogens with zero attached hydrogens (tertiary/aromatic N) is 3. The van der Waals surface area contributed by atoms with Crippen LogP contribution in [0.1, 0.15) is 11.3 Å². The van der Waals surface area contributed by atoms with Gasteiger partial charge in [0, 0.05) is 36.4 Å². The molecule has 0 saturated carbocycles. The monoisotopic (exact) mass is 422 g/mol. The van der Waals surface area contributed by atoms with Crippen LogP contribution < -0.4 is 16.4 Å². The van der Waals surface area contributed by atoms with Crippen LogP contribution in [-0.4, -0.2) is 34.0 Å². The Morgan fingerprint density at radius 2 is 2.00 bits per heavy atom. The predicted molar refractivity (Wildman–Crippen MR) is 119 cm³/mol. The van der Waals surface area contributed by atoms with E-state index in [4.69, 9.17) is 10.5 Å². The molecule has 1 aromatic carbocycles.